The second-order valence-corrected chi connectivity index (χ2v) is 4.62. The molecule has 1 unspecified atom stereocenters. The summed E-state index contributed by atoms with van der Waals surface area (Å²) >= 11 is 11.7. The largest absolute Gasteiger partial charge is 0.301 e. The quantitative estimate of drug-likeness (QED) is 0.779. The smallest absolute Gasteiger partial charge is 0.130 e. The lowest BCUT2D eigenvalue weighted by Crippen LogP contribution is -2.23. The Balaban J connectivity index is 2.63. The lowest BCUT2D eigenvalue weighted by atomic mass is 10.2. The van der Waals surface area contributed by atoms with Crippen molar-refractivity contribution in [2.75, 3.05) is 13.6 Å². The highest BCUT2D eigenvalue weighted by atomic mass is 35.5. The molecule has 0 aliphatic heterocycles. The van der Waals surface area contributed by atoms with Crippen molar-refractivity contribution in [2.24, 2.45) is 5.92 Å². The summed E-state index contributed by atoms with van der Waals surface area (Å²) in [5, 5.41) is 9.71. The Hall–Kier alpha value is -0.820. The molecule has 5 heteroatoms. The molecule has 0 aliphatic carbocycles. The molecule has 1 aromatic rings. The molecule has 0 bridgehead atoms. The van der Waals surface area contributed by atoms with Crippen LogP contribution in [0, 0.1) is 17.2 Å². The second kappa shape index (κ2) is 6.05. The molecule has 1 atom stereocenters. The van der Waals surface area contributed by atoms with E-state index in [4.69, 9.17) is 28.5 Å². The summed E-state index contributed by atoms with van der Waals surface area (Å²) in [4.78, 5) is 6.01. The summed E-state index contributed by atoms with van der Waals surface area (Å²) in [5.74, 6) is 0.00374. The van der Waals surface area contributed by atoms with Crippen LogP contribution in [0.2, 0.25) is 10.2 Å². The summed E-state index contributed by atoms with van der Waals surface area (Å²) in [7, 11) is 1.94. The molecule has 1 rings (SSSR count). The highest BCUT2D eigenvalue weighted by Gasteiger charge is 2.08. The summed E-state index contributed by atoms with van der Waals surface area (Å²) in [5.41, 5.74) is 0.915. The van der Waals surface area contributed by atoms with E-state index in [0.29, 0.717) is 23.3 Å². The van der Waals surface area contributed by atoms with Gasteiger partial charge in [0.2, 0.25) is 0 Å². The standard InChI is InChI=1S/C11H13Cl2N3/c1-8(4-14)6-16(2)7-9-5-15-11(13)3-10(9)12/h3,5,8H,6-7H2,1-2H3. The Labute approximate surface area is 106 Å². The molecule has 0 spiro atoms. The minimum absolute atomic E-state index is 0.00374. The Morgan fingerprint density at radius 1 is 1.56 bits per heavy atom. The zero-order valence-electron chi connectivity index (χ0n) is 9.24. The average Bonchev–Trinajstić information content (AvgIpc) is 2.22. The number of halogens is 2. The van der Waals surface area contributed by atoms with Gasteiger partial charge in [0, 0.05) is 29.9 Å². The fourth-order valence-electron chi connectivity index (χ4n) is 1.42. The Bertz CT molecular complexity index is 401. The van der Waals surface area contributed by atoms with Crippen LogP contribution in [0.15, 0.2) is 12.3 Å². The molecule has 16 heavy (non-hydrogen) atoms. The number of rotatable bonds is 4. The summed E-state index contributed by atoms with van der Waals surface area (Å²) < 4.78 is 0. The van der Waals surface area contributed by atoms with Crippen LogP contribution < -0.4 is 0 Å². The van der Waals surface area contributed by atoms with Crippen molar-refractivity contribution in [3.63, 3.8) is 0 Å². The molecule has 0 saturated carbocycles. The van der Waals surface area contributed by atoms with Crippen molar-refractivity contribution in [1.82, 2.24) is 9.88 Å². The van der Waals surface area contributed by atoms with Gasteiger partial charge >= 0.3 is 0 Å². The van der Waals surface area contributed by atoms with Crippen molar-refractivity contribution in [3.05, 3.63) is 28.0 Å². The van der Waals surface area contributed by atoms with Crippen molar-refractivity contribution in [3.8, 4) is 6.07 Å². The monoisotopic (exact) mass is 257 g/mol. The van der Waals surface area contributed by atoms with E-state index in [-0.39, 0.29) is 5.92 Å². The van der Waals surface area contributed by atoms with Crippen molar-refractivity contribution in [2.45, 2.75) is 13.5 Å². The summed E-state index contributed by atoms with van der Waals surface area (Å²) in [6, 6.07) is 3.82. The van der Waals surface area contributed by atoms with E-state index in [2.05, 4.69) is 11.1 Å². The van der Waals surface area contributed by atoms with Gasteiger partial charge in [0.15, 0.2) is 0 Å². The molecule has 86 valence electrons. The molecule has 0 fully saturated rings. The first-order valence-corrected chi connectivity index (χ1v) is 5.66. The molecular formula is C11H13Cl2N3. The number of nitriles is 1. The minimum Gasteiger partial charge on any atom is -0.301 e. The Morgan fingerprint density at radius 3 is 2.81 bits per heavy atom. The van der Waals surface area contributed by atoms with Gasteiger partial charge in [-0.25, -0.2) is 4.98 Å². The van der Waals surface area contributed by atoms with Gasteiger partial charge in [-0.15, -0.1) is 0 Å². The molecule has 0 saturated heterocycles. The number of hydrogen-bond acceptors (Lipinski definition) is 3. The predicted octanol–water partition coefficient (Wildman–Crippen LogP) is 2.98. The van der Waals surface area contributed by atoms with E-state index in [1.807, 2.05) is 18.9 Å². The van der Waals surface area contributed by atoms with Crippen molar-refractivity contribution < 1.29 is 0 Å². The molecule has 0 N–H and O–H groups in total. The fraction of sp³-hybridized carbons (Fsp3) is 0.455. The van der Waals surface area contributed by atoms with E-state index in [9.17, 15) is 0 Å². The maximum absolute atomic E-state index is 8.71. The molecule has 0 radical (unpaired) electrons. The van der Waals surface area contributed by atoms with Crippen LogP contribution >= 0.6 is 23.2 Å². The predicted molar refractivity (Wildman–Crippen MR) is 65.4 cm³/mol. The number of aromatic nitrogens is 1. The van der Waals surface area contributed by atoms with E-state index in [1.54, 1.807) is 12.3 Å². The van der Waals surface area contributed by atoms with Crippen molar-refractivity contribution >= 4 is 23.2 Å². The van der Waals surface area contributed by atoms with Crippen LogP contribution in [-0.2, 0) is 6.54 Å². The van der Waals surface area contributed by atoms with Gasteiger partial charge in [-0.2, -0.15) is 5.26 Å². The second-order valence-electron chi connectivity index (χ2n) is 3.83. The van der Waals surface area contributed by atoms with Gasteiger partial charge in [0.1, 0.15) is 5.15 Å². The zero-order chi connectivity index (χ0) is 12.1. The first-order chi connectivity index (χ1) is 7.52. The third-order valence-corrected chi connectivity index (χ3v) is 2.70. The molecule has 0 amide bonds. The molecule has 0 aliphatic rings. The van der Waals surface area contributed by atoms with E-state index in [1.165, 1.54) is 0 Å². The van der Waals surface area contributed by atoms with Crippen LogP contribution in [0.3, 0.4) is 0 Å². The molecule has 0 aromatic carbocycles. The Kier molecular flexibility index (Phi) is 5.01. The first kappa shape index (κ1) is 13.2. The molecule has 3 nitrogen and oxygen atoms in total. The lowest BCUT2D eigenvalue weighted by molar-refractivity contribution is 0.303. The zero-order valence-corrected chi connectivity index (χ0v) is 10.8. The van der Waals surface area contributed by atoms with E-state index in [0.717, 1.165) is 5.56 Å². The normalized spacial score (nSPS) is 12.5. The first-order valence-electron chi connectivity index (χ1n) is 4.91. The third-order valence-electron chi connectivity index (χ3n) is 2.14. The highest BCUT2D eigenvalue weighted by molar-refractivity contribution is 6.34. The van der Waals surface area contributed by atoms with Gasteiger partial charge in [0.05, 0.1) is 12.0 Å². The van der Waals surface area contributed by atoms with Gasteiger partial charge in [-0.3, -0.25) is 0 Å². The van der Waals surface area contributed by atoms with Crippen LogP contribution in [0.4, 0.5) is 0 Å². The van der Waals surface area contributed by atoms with Crippen LogP contribution in [-0.4, -0.2) is 23.5 Å². The number of pyridine rings is 1. The number of hydrogen-bond donors (Lipinski definition) is 0. The van der Waals surface area contributed by atoms with E-state index < -0.39 is 0 Å². The average molecular weight is 258 g/mol. The van der Waals surface area contributed by atoms with Gasteiger partial charge in [-0.05, 0) is 20.0 Å². The SMILES string of the molecule is CC(C#N)CN(C)Cc1cnc(Cl)cc1Cl. The topological polar surface area (TPSA) is 39.9 Å². The molecule has 1 heterocycles. The van der Waals surface area contributed by atoms with Crippen LogP contribution in [0.1, 0.15) is 12.5 Å². The lowest BCUT2D eigenvalue weighted by Gasteiger charge is -2.18. The third kappa shape index (κ3) is 3.97. The Morgan fingerprint density at radius 2 is 2.25 bits per heavy atom. The minimum atomic E-state index is 0.00374. The maximum Gasteiger partial charge on any atom is 0.130 e. The van der Waals surface area contributed by atoms with Crippen LogP contribution in [0.25, 0.3) is 0 Å². The molecule has 1 aromatic heterocycles. The fourth-order valence-corrected chi connectivity index (χ4v) is 1.84. The van der Waals surface area contributed by atoms with E-state index >= 15 is 0 Å². The van der Waals surface area contributed by atoms with Gasteiger partial charge in [0.25, 0.3) is 0 Å². The summed E-state index contributed by atoms with van der Waals surface area (Å²) in [6.07, 6.45) is 1.66. The van der Waals surface area contributed by atoms with Gasteiger partial charge < -0.3 is 4.90 Å². The highest BCUT2D eigenvalue weighted by Crippen LogP contribution is 2.19. The number of nitrogens with zero attached hydrogens (tertiary/aromatic N) is 3. The van der Waals surface area contributed by atoms with Gasteiger partial charge in [-0.1, -0.05) is 23.2 Å². The maximum atomic E-state index is 8.71. The summed E-state index contributed by atoms with van der Waals surface area (Å²) in [6.45, 7) is 3.25. The van der Waals surface area contributed by atoms with Crippen molar-refractivity contribution in [1.29, 1.82) is 5.26 Å². The molecular weight excluding hydrogens is 245 g/mol. The van der Waals surface area contributed by atoms with Crippen LogP contribution in [0.5, 0.6) is 0 Å².